The van der Waals surface area contributed by atoms with Gasteiger partial charge >= 0.3 is 0 Å². The molecule has 1 amide bonds. The van der Waals surface area contributed by atoms with Crippen molar-refractivity contribution < 1.29 is 14.0 Å². The molecule has 0 atom stereocenters. The van der Waals surface area contributed by atoms with Gasteiger partial charge in [-0.25, -0.2) is 9.37 Å². The van der Waals surface area contributed by atoms with Crippen LogP contribution < -0.4 is 4.90 Å². The number of ketones is 1. The van der Waals surface area contributed by atoms with Crippen LogP contribution in [0.15, 0.2) is 12.3 Å². The zero-order valence-corrected chi connectivity index (χ0v) is 10.4. The van der Waals surface area contributed by atoms with Crippen molar-refractivity contribution in [3.05, 3.63) is 23.6 Å². The van der Waals surface area contributed by atoms with E-state index in [1.165, 1.54) is 26.2 Å². The van der Waals surface area contributed by atoms with Gasteiger partial charge in [0, 0.05) is 20.2 Å². The van der Waals surface area contributed by atoms with E-state index in [2.05, 4.69) is 20.9 Å². The van der Waals surface area contributed by atoms with Crippen molar-refractivity contribution in [2.75, 3.05) is 17.3 Å². The molecule has 0 bridgehead atoms. The van der Waals surface area contributed by atoms with Crippen LogP contribution in [0.25, 0.3) is 0 Å². The highest BCUT2D eigenvalue weighted by molar-refractivity contribution is 9.09. The van der Waals surface area contributed by atoms with E-state index in [1.807, 2.05) is 0 Å². The van der Waals surface area contributed by atoms with Crippen molar-refractivity contribution in [2.45, 2.75) is 6.92 Å². The molecular weight excluding hydrogens is 279 g/mol. The SMILES string of the molecule is CC(=O)N(C)c1nccc(C(=O)CBr)c1F. The molecule has 0 aliphatic rings. The number of anilines is 1. The number of amides is 1. The molecule has 16 heavy (non-hydrogen) atoms. The first kappa shape index (κ1) is 12.8. The summed E-state index contributed by atoms with van der Waals surface area (Å²) < 4.78 is 13.8. The van der Waals surface area contributed by atoms with Crippen molar-refractivity contribution in [1.29, 1.82) is 0 Å². The van der Waals surface area contributed by atoms with Gasteiger partial charge in [-0.2, -0.15) is 0 Å². The Bertz CT molecular complexity index is 437. The van der Waals surface area contributed by atoms with E-state index < -0.39 is 11.6 Å². The fourth-order valence-electron chi connectivity index (χ4n) is 1.10. The average molecular weight is 289 g/mol. The standard InChI is InChI=1S/C10H10BrFN2O2/c1-6(15)14(2)10-9(12)7(3-4-13-10)8(16)5-11/h3-4H,5H2,1-2H3. The quantitative estimate of drug-likeness (QED) is 0.629. The molecule has 4 nitrogen and oxygen atoms in total. The van der Waals surface area contributed by atoms with Gasteiger partial charge in [0.15, 0.2) is 17.4 Å². The van der Waals surface area contributed by atoms with E-state index in [4.69, 9.17) is 0 Å². The minimum Gasteiger partial charge on any atom is -0.298 e. The largest absolute Gasteiger partial charge is 0.298 e. The summed E-state index contributed by atoms with van der Waals surface area (Å²) in [5.74, 6) is -1.66. The monoisotopic (exact) mass is 288 g/mol. The number of pyridine rings is 1. The summed E-state index contributed by atoms with van der Waals surface area (Å²) in [7, 11) is 1.40. The Morgan fingerprint density at radius 2 is 2.19 bits per heavy atom. The zero-order chi connectivity index (χ0) is 12.3. The zero-order valence-electron chi connectivity index (χ0n) is 8.83. The minimum absolute atomic E-state index is 0.0250. The van der Waals surface area contributed by atoms with Crippen LogP contribution in [-0.2, 0) is 4.79 Å². The number of aromatic nitrogens is 1. The van der Waals surface area contributed by atoms with Gasteiger partial charge in [-0.05, 0) is 6.07 Å². The predicted octanol–water partition coefficient (Wildman–Crippen LogP) is 1.78. The number of alkyl halides is 1. The first-order chi connectivity index (χ1) is 7.49. The fraction of sp³-hybridized carbons (Fsp3) is 0.300. The Morgan fingerprint density at radius 1 is 1.56 bits per heavy atom. The maximum absolute atomic E-state index is 13.8. The summed E-state index contributed by atoms with van der Waals surface area (Å²) in [4.78, 5) is 27.2. The van der Waals surface area contributed by atoms with Gasteiger partial charge in [-0.15, -0.1) is 0 Å². The number of carbonyl (C=O) groups excluding carboxylic acids is 2. The summed E-state index contributed by atoms with van der Waals surface area (Å²) >= 11 is 2.96. The lowest BCUT2D eigenvalue weighted by atomic mass is 10.2. The van der Waals surface area contributed by atoms with Crippen LogP contribution in [0.5, 0.6) is 0 Å². The molecule has 0 spiro atoms. The molecule has 0 N–H and O–H groups in total. The normalized spacial score (nSPS) is 10.0. The van der Waals surface area contributed by atoms with Crippen LogP contribution in [0, 0.1) is 5.82 Å². The van der Waals surface area contributed by atoms with Gasteiger partial charge in [0.1, 0.15) is 0 Å². The smallest absolute Gasteiger partial charge is 0.224 e. The van der Waals surface area contributed by atoms with Crippen molar-refractivity contribution in [1.82, 2.24) is 4.98 Å². The molecule has 1 aromatic rings. The van der Waals surface area contributed by atoms with Crippen LogP contribution in [-0.4, -0.2) is 29.1 Å². The van der Waals surface area contributed by atoms with Crippen molar-refractivity contribution in [2.24, 2.45) is 0 Å². The lowest BCUT2D eigenvalue weighted by Crippen LogP contribution is -2.25. The van der Waals surface area contributed by atoms with Gasteiger partial charge in [0.05, 0.1) is 10.9 Å². The highest BCUT2D eigenvalue weighted by Crippen LogP contribution is 2.19. The third-order valence-electron chi connectivity index (χ3n) is 2.08. The Balaban J connectivity index is 3.23. The lowest BCUT2D eigenvalue weighted by Gasteiger charge is -2.15. The Hall–Kier alpha value is -1.30. The second kappa shape index (κ2) is 5.16. The molecule has 1 rings (SSSR count). The second-order valence-corrected chi connectivity index (χ2v) is 3.69. The van der Waals surface area contributed by atoms with Crippen LogP contribution in [0.1, 0.15) is 17.3 Å². The van der Waals surface area contributed by atoms with E-state index in [-0.39, 0.29) is 22.6 Å². The first-order valence-corrected chi connectivity index (χ1v) is 5.59. The minimum atomic E-state index is -0.773. The molecule has 1 aromatic heterocycles. The molecule has 1 heterocycles. The maximum atomic E-state index is 13.8. The van der Waals surface area contributed by atoms with E-state index in [1.54, 1.807) is 0 Å². The average Bonchev–Trinajstić information content (AvgIpc) is 2.27. The second-order valence-electron chi connectivity index (χ2n) is 3.13. The van der Waals surface area contributed by atoms with Crippen molar-refractivity contribution >= 4 is 33.4 Å². The number of hydrogen-bond acceptors (Lipinski definition) is 3. The third kappa shape index (κ3) is 2.44. The summed E-state index contributed by atoms with van der Waals surface area (Å²) in [6.45, 7) is 1.29. The molecule has 0 aliphatic carbocycles. The van der Waals surface area contributed by atoms with Crippen LogP contribution in [0.2, 0.25) is 0 Å². The predicted molar refractivity (Wildman–Crippen MR) is 61.4 cm³/mol. The number of Topliss-reactive ketones (excluding diaryl/α,β-unsaturated/α-hetero) is 1. The summed E-state index contributed by atoms with van der Waals surface area (Å²) in [6.07, 6.45) is 1.30. The Kier molecular flexibility index (Phi) is 4.12. The third-order valence-corrected chi connectivity index (χ3v) is 2.59. The first-order valence-electron chi connectivity index (χ1n) is 4.47. The van der Waals surface area contributed by atoms with E-state index in [9.17, 15) is 14.0 Å². The molecule has 86 valence electrons. The van der Waals surface area contributed by atoms with Crippen molar-refractivity contribution in [3.8, 4) is 0 Å². The van der Waals surface area contributed by atoms with Crippen LogP contribution >= 0.6 is 15.9 Å². The molecule has 0 aromatic carbocycles. The van der Waals surface area contributed by atoms with E-state index in [0.29, 0.717) is 0 Å². The van der Waals surface area contributed by atoms with E-state index in [0.717, 1.165) is 4.90 Å². The van der Waals surface area contributed by atoms with Gasteiger partial charge < -0.3 is 0 Å². The molecular formula is C10H10BrFN2O2. The fourth-order valence-corrected chi connectivity index (χ4v) is 1.41. The Morgan fingerprint density at radius 3 is 2.69 bits per heavy atom. The van der Waals surface area contributed by atoms with Crippen LogP contribution in [0.3, 0.4) is 0 Å². The highest BCUT2D eigenvalue weighted by atomic mass is 79.9. The Labute approximate surface area is 101 Å². The molecule has 0 saturated carbocycles. The van der Waals surface area contributed by atoms with Crippen LogP contribution in [0.4, 0.5) is 10.2 Å². The molecule has 0 unspecified atom stereocenters. The van der Waals surface area contributed by atoms with Gasteiger partial charge in [-0.1, -0.05) is 15.9 Å². The molecule has 6 heteroatoms. The van der Waals surface area contributed by atoms with Gasteiger partial charge in [0.25, 0.3) is 0 Å². The number of hydrogen-bond donors (Lipinski definition) is 0. The molecule has 0 radical (unpaired) electrons. The lowest BCUT2D eigenvalue weighted by molar-refractivity contribution is -0.116. The summed E-state index contributed by atoms with van der Waals surface area (Å²) in [5.41, 5.74) is -0.0741. The summed E-state index contributed by atoms with van der Waals surface area (Å²) in [6, 6.07) is 1.29. The maximum Gasteiger partial charge on any atom is 0.224 e. The molecule has 0 aliphatic heterocycles. The number of carbonyl (C=O) groups is 2. The van der Waals surface area contributed by atoms with E-state index >= 15 is 0 Å². The van der Waals surface area contributed by atoms with Gasteiger partial charge in [-0.3, -0.25) is 14.5 Å². The molecule has 0 fully saturated rings. The number of rotatable bonds is 3. The van der Waals surface area contributed by atoms with Gasteiger partial charge in [0.2, 0.25) is 5.91 Å². The number of halogens is 2. The highest BCUT2D eigenvalue weighted by Gasteiger charge is 2.19. The van der Waals surface area contributed by atoms with Crippen molar-refractivity contribution in [3.63, 3.8) is 0 Å². The topological polar surface area (TPSA) is 50.3 Å². The summed E-state index contributed by atoms with van der Waals surface area (Å²) in [5, 5.41) is 0.0250. The molecule has 0 saturated heterocycles. The number of nitrogens with zero attached hydrogens (tertiary/aromatic N) is 2.